The fourth-order valence-electron chi connectivity index (χ4n) is 2.34. The predicted molar refractivity (Wildman–Crippen MR) is 80.2 cm³/mol. The van der Waals surface area contributed by atoms with Gasteiger partial charge in [-0.15, -0.1) is 0 Å². The lowest BCUT2D eigenvalue weighted by Crippen LogP contribution is -2.52. The van der Waals surface area contributed by atoms with Crippen molar-refractivity contribution in [3.8, 4) is 0 Å². The van der Waals surface area contributed by atoms with E-state index in [0.29, 0.717) is 17.6 Å². The van der Waals surface area contributed by atoms with Gasteiger partial charge < -0.3 is 10.0 Å². The van der Waals surface area contributed by atoms with Crippen LogP contribution in [0.15, 0.2) is 36.5 Å². The maximum absolute atomic E-state index is 12.8. The second-order valence-electron chi connectivity index (χ2n) is 5.29. The largest absolute Gasteiger partial charge is 0.480 e. The molecule has 0 atom stereocenters. The number of aliphatic carboxylic acids is 1. The number of carboxylic acids is 1. The molecule has 1 N–H and O–H groups in total. The van der Waals surface area contributed by atoms with Crippen molar-refractivity contribution < 1.29 is 14.7 Å². The average Bonchev–Trinajstić information content (AvgIpc) is 2.46. The Bertz CT molecular complexity index is 689. The third kappa shape index (κ3) is 2.59. The third-order valence-electron chi connectivity index (χ3n) is 3.64. The van der Waals surface area contributed by atoms with Crippen LogP contribution in [0.4, 0.5) is 0 Å². The van der Waals surface area contributed by atoms with Gasteiger partial charge in [0.25, 0.3) is 5.91 Å². The highest BCUT2D eigenvalue weighted by atomic mass is 16.4. The van der Waals surface area contributed by atoms with Crippen molar-refractivity contribution in [3.63, 3.8) is 0 Å². The number of fused-ring (bicyclic) bond motifs is 1. The van der Waals surface area contributed by atoms with Gasteiger partial charge in [0.1, 0.15) is 5.54 Å². The Kier molecular flexibility index (Phi) is 3.93. The number of carbonyl (C=O) groups excluding carboxylic acids is 1. The summed E-state index contributed by atoms with van der Waals surface area (Å²) < 4.78 is 0. The van der Waals surface area contributed by atoms with E-state index in [0.717, 1.165) is 5.39 Å². The first-order chi connectivity index (χ1) is 9.89. The van der Waals surface area contributed by atoms with Crippen molar-refractivity contribution >= 4 is 22.8 Å². The van der Waals surface area contributed by atoms with Gasteiger partial charge in [-0.2, -0.15) is 0 Å². The topological polar surface area (TPSA) is 70.5 Å². The maximum atomic E-state index is 12.8. The summed E-state index contributed by atoms with van der Waals surface area (Å²) in [5.74, 6) is -1.33. The quantitative estimate of drug-likeness (QED) is 0.937. The monoisotopic (exact) mass is 286 g/mol. The summed E-state index contributed by atoms with van der Waals surface area (Å²) >= 11 is 0. The van der Waals surface area contributed by atoms with Crippen molar-refractivity contribution in [2.45, 2.75) is 26.3 Å². The molecule has 1 aromatic carbocycles. The van der Waals surface area contributed by atoms with Gasteiger partial charge in [-0.05, 0) is 39.0 Å². The van der Waals surface area contributed by atoms with E-state index in [2.05, 4.69) is 4.98 Å². The molecule has 2 rings (SSSR count). The lowest BCUT2D eigenvalue weighted by molar-refractivity contribution is -0.147. The minimum Gasteiger partial charge on any atom is -0.480 e. The Morgan fingerprint density at radius 3 is 2.57 bits per heavy atom. The van der Waals surface area contributed by atoms with E-state index in [1.165, 1.54) is 18.7 Å². The zero-order chi connectivity index (χ0) is 15.6. The fraction of sp³-hybridized carbons (Fsp3) is 0.312. The minimum atomic E-state index is -1.27. The number of pyridine rings is 1. The first-order valence-corrected chi connectivity index (χ1v) is 6.78. The standard InChI is InChI=1S/C16H18N2O3/c1-4-18(16(2,3)15(20)21)14(19)12-7-5-9-13-11(12)8-6-10-17-13/h5-10H,4H2,1-3H3,(H,20,21). The number of carbonyl (C=O) groups is 2. The van der Waals surface area contributed by atoms with E-state index in [1.54, 1.807) is 31.3 Å². The Morgan fingerprint density at radius 2 is 1.95 bits per heavy atom. The molecule has 21 heavy (non-hydrogen) atoms. The van der Waals surface area contributed by atoms with E-state index >= 15 is 0 Å². The van der Waals surface area contributed by atoms with Crippen LogP contribution in [0.1, 0.15) is 31.1 Å². The van der Waals surface area contributed by atoms with E-state index in [4.69, 9.17) is 0 Å². The van der Waals surface area contributed by atoms with Crippen molar-refractivity contribution in [3.05, 3.63) is 42.1 Å². The second kappa shape index (κ2) is 5.52. The lowest BCUT2D eigenvalue weighted by atomic mass is 10.00. The zero-order valence-electron chi connectivity index (χ0n) is 12.3. The molecule has 2 aromatic rings. The average molecular weight is 286 g/mol. The molecule has 0 aliphatic carbocycles. The SMILES string of the molecule is CCN(C(=O)c1cccc2ncccc12)C(C)(C)C(=O)O. The first kappa shape index (κ1) is 15.0. The van der Waals surface area contributed by atoms with Crippen LogP contribution >= 0.6 is 0 Å². The van der Waals surface area contributed by atoms with Crippen molar-refractivity contribution in [2.75, 3.05) is 6.54 Å². The zero-order valence-corrected chi connectivity index (χ0v) is 12.3. The number of rotatable bonds is 4. The molecular weight excluding hydrogens is 268 g/mol. The Morgan fingerprint density at radius 1 is 1.24 bits per heavy atom. The van der Waals surface area contributed by atoms with E-state index < -0.39 is 11.5 Å². The molecule has 110 valence electrons. The summed E-state index contributed by atoms with van der Waals surface area (Å²) in [6.07, 6.45) is 1.66. The van der Waals surface area contributed by atoms with Gasteiger partial charge in [-0.25, -0.2) is 4.79 Å². The van der Waals surface area contributed by atoms with Gasteiger partial charge in [-0.3, -0.25) is 9.78 Å². The summed E-state index contributed by atoms with van der Waals surface area (Å²) in [4.78, 5) is 29.8. The summed E-state index contributed by atoms with van der Waals surface area (Å²) in [6, 6.07) is 8.86. The van der Waals surface area contributed by atoms with Crippen LogP contribution in [0.5, 0.6) is 0 Å². The van der Waals surface area contributed by atoms with Crippen molar-refractivity contribution in [2.24, 2.45) is 0 Å². The normalized spacial score (nSPS) is 11.4. The Labute approximate surface area is 123 Å². The molecule has 0 unspecified atom stereocenters. The molecule has 0 aliphatic rings. The molecule has 1 heterocycles. The second-order valence-corrected chi connectivity index (χ2v) is 5.29. The molecule has 0 bridgehead atoms. The van der Waals surface area contributed by atoms with Crippen molar-refractivity contribution in [1.29, 1.82) is 0 Å². The molecule has 0 radical (unpaired) electrons. The number of hydrogen-bond donors (Lipinski definition) is 1. The van der Waals surface area contributed by atoms with Gasteiger partial charge in [-0.1, -0.05) is 12.1 Å². The molecule has 0 fully saturated rings. The van der Waals surface area contributed by atoms with E-state index in [9.17, 15) is 14.7 Å². The summed E-state index contributed by atoms with van der Waals surface area (Å²) in [6.45, 7) is 5.14. The number of carboxylic acid groups (broad SMARTS) is 1. The van der Waals surface area contributed by atoms with Gasteiger partial charge in [0.2, 0.25) is 0 Å². The van der Waals surface area contributed by atoms with Gasteiger partial charge in [0.15, 0.2) is 0 Å². The molecule has 5 nitrogen and oxygen atoms in total. The molecule has 0 saturated carbocycles. The predicted octanol–water partition coefficient (Wildman–Crippen LogP) is 2.56. The third-order valence-corrected chi connectivity index (χ3v) is 3.64. The van der Waals surface area contributed by atoms with Crippen molar-refractivity contribution in [1.82, 2.24) is 9.88 Å². The van der Waals surface area contributed by atoms with Gasteiger partial charge in [0, 0.05) is 23.7 Å². The minimum absolute atomic E-state index is 0.302. The number of likely N-dealkylation sites (N-methyl/N-ethyl adjacent to an activating group) is 1. The van der Waals surface area contributed by atoms with Crippen LogP contribution in [-0.2, 0) is 4.79 Å². The van der Waals surface area contributed by atoms with Crippen LogP contribution in [0.2, 0.25) is 0 Å². The molecule has 0 aliphatic heterocycles. The highest BCUT2D eigenvalue weighted by Crippen LogP contribution is 2.23. The smallest absolute Gasteiger partial charge is 0.329 e. The lowest BCUT2D eigenvalue weighted by Gasteiger charge is -2.34. The highest BCUT2D eigenvalue weighted by molar-refractivity contribution is 6.07. The summed E-state index contributed by atoms with van der Waals surface area (Å²) in [7, 11) is 0. The maximum Gasteiger partial charge on any atom is 0.329 e. The molecule has 0 spiro atoms. The van der Waals surface area contributed by atoms with Crippen LogP contribution in [0, 0.1) is 0 Å². The van der Waals surface area contributed by atoms with Gasteiger partial charge >= 0.3 is 5.97 Å². The van der Waals surface area contributed by atoms with Crippen LogP contribution in [0.25, 0.3) is 10.9 Å². The summed E-state index contributed by atoms with van der Waals surface area (Å²) in [5.41, 5.74) is -0.0831. The van der Waals surface area contributed by atoms with Crippen LogP contribution in [-0.4, -0.2) is 39.0 Å². The van der Waals surface area contributed by atoms with E-state index in [1.807, 2.05) is 12.1 Å². The number of aromatic nitrogens is 1. The molecule has 1 amide bonds. The number of hydrogen-bond acceptors (Lipinski definition) is 3. The molecular formula is C16H18N2O3. The Balaban J connectivity index is 2.53. The molecule has 0 saturated heterocycles. The number of amides is 1. The van der Waals surface area contributed by atoms with Gasteiger partial charge in [0.05, 0.1) is 5.52 Å². The summed E-state index contributed by atoms with van der Waals surface area (Å²) in [5, 5.41) is 10.1. The van der Waals surface area contributed by atoms with E-state index in [-0.39, 0.29) is 5.91 Å². The molecule has 1 aromatic heterocycles. The molecule has 5 heteroatoms. The Hall–Kier alpha value is -2.43. The van der Waals surface area contributed by atoms with Crippen LogP contribution < -0.4 is 0 Å². The highest BCUT2D eigenvalue weighted by Gasteiger charge is 2.37. The number of nitrogens with zero attached hydrogens (tertiary/aromatic N) is 2. The fourth-order valence-corrected chi connectivity index (χ4v) is 2.34. The first-order valence-electron chi connectivity index (χ1n) is 6.78. The number of benzene rings is 1. The van der Waals surface area contributed by atoms with Crippen LogP contribution in [0.3, 0.4) is 0 Å².